The quantitative estimate of drug-likeness (QED) is 0.778. The fourth-order valence-electron chi connectivity index (χ4n) is 2.61. The van der Waals surface area contributed by atoms with E-state index in [1.807, 2.05) is 67.6 Å². The van der Waals surface area contributed by atoms with Gasteiger partial charge in [0, 0.05) is 11.4 Å². The van der Waals surface area contributed by atoms with Crippen LogP contribution < -0.4 is 14.0 Å². The minimum Gasteiger partial charge on any atom is -0.323 e. The van der Waals surface area contributed by atoms with Crippen LogP contribution in [0.4, 0.5) is 0 Å². The summed E-state index contributed by atoms with van der Waals surface area (Å²) in [5.74, 6) is 0. The molecular formula is C17H16ClNO4S. The van der Waals surface area contributed by atoms with Crippen molar-refractivity contribution in [2.45, 2.75) is 12.5 Å². The van der Waals surface area contributed by atoms with E-state index >= 15 is 0 Å². The summed E-state index contributed by atoms with van der Waals surface area (Å²) < 4.78 is 38.0. The summed E-state index contributed by atoms with van der Waals surface area (Å²) in [6.07, 6.45) is 0. The zero-order valence-electron chi connectivity index (χ0n) is 12.9. The summed E-state index contributed by atoms with van der Waals surface area (Å²) in [5, 5.41) is 0. The molecule has 0 radical (unpaired) electrons. The molecule has 0 aromatic heterocycles. The molecule has 1 atom stereocenters. The zero-order valence-corrected chi connectivity index (χ0v) is 14.5. The smallest absolute Gasteiger partial charge is 0.323 e. The van der Waals surface area contributed by atoms with Crippen molar-refractivity contribution >= 4 is 22.4 Å². The normalized spacial score (nSPS) is 18.3. The van der Waals surface area contributed by atoms with Gasteiger partial charge in [-0.15, -0.1) is 0 Å². The molecule has 1 aliphatic heterocycles. The molecule has 1 aliphatic rings. The van der Waals surface area contributed by atoms with Crippen LogP contribution in [0.1, 0.15) is 18.1 Å². The molecule has 5 nitrogen and oxygen atoms in total. The maximum absolute atomic E-state index is 11.1. The van der Waals surface area contributed by atoms with Crippen molar-refractivity contribution in [3.8, 4) is 0 Å². The standard InChI is InChI=1S/C17H16ClNO4S/c1-2-19-15(13-9-5-3-6-10-13)16(14-11-7-4-8-12-14)24-17(19)23-18(20,21)22/h3-12,17H,2H2,1H3. The average molecular weight is 366 g/mol. The second kappa shape index (κ2) is 7.14. The second-order valence-electron chi connectivity index (χ2n) is 5.09. The molecule has 0 amide bonds. The predicted molar refractivity (Wildman–Crippen MR) is 84.5 cm³/mol. The highest BCUT2D eigenvalue weighted by Gasteiger charge is 2.43. The van der Waals surface area contributed by atoms with Crippen LogP contribution >= 0.6 is 11.8 Å². The molecule has 0 aliphatic carbocycles. The van der Waals surface area contributed by atoms with E-state index in [0.29, 0.717) is 6.54 Å². The Morgan fingerprint density at radius 2 is 1.50 bits per heavy atom. The number of benzene rings is 2. The van der Waals surface area contributed by atoms with E-state index in [0.717, 1.165) is 21.7 Å². The summed E-state index contributed by atoms with van der Waals surface area (Å²) in [6, 6.07) is 19.3. The van der Waals surface area contributed by atoms with Crippen LogP contribution in [0, 0.1) is 10.2 Å². The number of halogens is 1. The first-order chi connectivity index (χ1) is 11.5. The molecule has 1 heterocycles. The first kappa shape index (κ1) is 17.3. The van der Waals surface area contributed by atoms with Crippen molar-refractivity contribution in [1.82, 2.24) is 4.90 Å². The minimum atomic E-state index is -4.51. The average Bonchev–Trinajstić information content (AvgIpc) is 2.92. The first-order valence-electron chi connectivity index (χ1n) is 7.37. The van der Waals surface area contributed by atoms with Gasteiger partial charge in [0.1, 0.15) is 4.29 Å². The summed E-state index contributed by atoms with van der Waals surface area (Å²) in [7, 11) is -4.51. The highest BCUT2D eigenvalue weighted by molar-refractivity contribution is 8.09. The Hall–Kier alpha value is -1.54. The maximum atomic E-state index is 11.1. The largest absolute Gasteiger partial charge is 0.339 e. The van der Waals surface area contributed by atoms with Gasteiger partial charge in [0.05, 0.1) is 15.9 Å². The van der Waals surface area contributed by atoms with Gasteiger partial charge in [-0.1, -0.05) is 72.4 Å². The van der Waals surface area contributed by atoms with Gasteiger partial charge < -0.3 is 4.90 Å². The van der Waals surface area contributed by atoms with E-state index < -0.39 is 15.8 Å². The van der Waals surface area contributed by atoms with E-state index in [4.69, 9.17) is 4.29 Å². The van der Waals surface area contributed by atoms with Gasteiger partial charge in [-0.25, -0.2) is 0 Å². The monoisotopic (exact) mass is 365 g/mol. The molecule has 0 spiro atoms. The number of thioether (sulfide) groups is 1. The third-order valence-corrected chi connectivity index (χ3v) is 5.29. The Balaban J connectivity index is 2.07. The van der Waals surface area contributed by atoms with E-state index in [-0.39, 0.29) is 0 Å². The summed E-state index contributed by atoms with van der Waals surface area (Å²) in [4.78, 5) is 2.66. The predicted octanol–water partition coefficient (Wildman–Crippen LogP) is 0.779. The van der Waals surface area contributed by atoms with Gasteiger partial charge in [-0.2, -0.15) is 14.0 Å². The van der Waals surface area contributed by atoms with Crippen LogP contribution in [0.5, 0.6) is 0 Å². The number of nitrogens with zero attached hydrogens (tertiary/aromatic N) is 1. The molecule has 0 fully saturated rings. The molecule has 0 saturated heterocycles. The molecule has 2 aromatic carbocycles. The topological polar surface area (TPSA) is 81.7 Å². The van der Waals surface area contributed by atoms with E-state index in [1.54, 1.807) is 4.90 Å². The zero-order chi connectivity index (χ0) is 17.2. The van der Waals surface area contributed by atoms with Gasteiger partial charge in [0.25, 0.3) is 0 Å². The van der Waals surface area contributed by atoms with Crippen molar-refractivity contribution in [2.75, 3.05) is 6.54 Å². The fourth-order valence-corrected chi connectivity index (χ4v) is 4.51. The van der Waals surface area contributed by atoms with Crippen LogP contribution in [0.3, 0.4) is 0 Å². The van der Waals surface area contributed by atoms with Crippen LogP contribution in [-0.2, 0) is 4.29 Å². The summed E-state index contributed by atoms with van der Waals surface area (Å²) in [5.41, 5.74) is 1.84. The van der Waals surface area contributed by atoms with Gasteiger partial charge >= 0.3 is 5.56 Å². The van der Waals surface area contributed by atoms with Crippen LogP contribution in [-0.4, -0.2) is 17.0 Å². The lowest BCUT2D eigenvalue weighted by Crippen LogP contribution is -2.63. The molecule has 24 heavy (non-hydrogen) atoms. The van der Waals surface area contributed by atoms with Crippen LogP contribution in [0.25, 0.3) is 10.6 Å². The molecule has 126 valence electrons. The first-order valence-corrected chi connectivity index (χ1v) is 9.48. The molecule has 1 unspecified atom stereocenters. The van der Waals surface area contributed by atoms with Gasteiger partial charge in [-0.3, -0.25) is 0 Å². The lowest BCUT2D eigenvalue weighted by Gasteiger charge is -2.25. The van der Waals surface area contributed by atoms with E-state index in [9.17, 15) is 14.0 Å². The molecule has 0 N–H and O–H groups in total. The fraction of sp³-hybridized carbons (Fsp3) is 0.176. The SMILES string of the molecule is CCN1C(c2ccccc2)=C(c2ccccc2)SC1O[Cl+3]([O-])([O-])[O-]. The van der Waals surface area contributed by atoms with Crippen molar-refractivity contribution in [3.63, 3.8) is 0 Å². The Morgan fingerprint density at radius 1 is 0.958 bits per heavy atom. The molecular weight excluding hydrogens is 350 g/mol. The highest BCUT2D eigenvalue weighted by atomic mass is 35.7. The van der Waals surface area contributed by atoms with Gasteiger partial charge in [0.2, 0.25) is 0 Å². The molecule has 0 saturated carbocycles. The van der Waals surface area contributed by atoms with Crippen molar-refractivity contribution in [2.24, 2.45) is 0 Å². The van der Waals surface area contributed by atoms with E-state index in [1.165, 1.54) is 11.8 Å². The summed E-state index contributed by atoms with van der Waals surface area (Å²) in [6.45, 7) is 2.39. The van der Waals surface area contributed by atoms with Crippen LogP contribution in [0.15, 0.2) is 60.7 Å². The lowest BCUT2D eigenvalue weighted by atomic mass is 10.1. The van der Waals surface area contributed by atoms with Gasteiger partial charge in [-0.05, 0) is 18.1 Å². The number of hydrogen-bond acceptors (Lipinski definition) is 6. The van der Waals surface area contributed by atoms with Gasteiger partial charge in [0.15, 0.2) is 0 Å². The molecule has 2 aromatic rings. The number of hydrogen-bond donors (Lipinski definition) is 0. The highest BCUT2D eigenvalue weighted by Crippen LogP contribution is 2.48. The van der Waals surface area contributed by atoms with Crippen molar-refractivity contribution < 1.29 is 28.5 Å². The Bertz CT molecular complexity index is 718. The Kier molecular flexibility index (Phi) is 5.15. The van der Waals surface area contributed by atoms with Crippen molar-refractivity contribution in [3.05, 3.63) is 71.8 Å². The lowest BCUT2D eigenvalue weighted by molar-refractivity contribution is -1.92. The Morgan fingerprint density at radius 3 is 2.00 bits per heavy atom. The maximum Gasteiger partial charge on any atom is 0.339 e. The third kappa shape index (κ3) is 3.75. The number of rotatable bonds is 5. The molecule has 3 rings (SSSR count). The minimum absolute atomic E-state index is 0.503. The van der Waals surface area contributed by atoms with Crippen molar-refractivity contribution in [1.29, 1.82) is 0 Å². The summed E-state index contributed by atoms with van der Waals surface area (Å²) >= 11 is 1.22. The third-order valence-electron chi connectivity index (χ3n) is 3.58. The molecule has 7 heteroatoms. The Labute approximate surface area is 146 Å². The van der Waals surface area contributed by atoms with Crippen LogP contribution in [0.2, 0.25) is 0 Å². The second-order valence-corrected chi connectivity index (χ2v) is 7.07. The van der Waals surface area contributed by atoms with E-state index in [2.05, 4.69) is 0 Å². The molecule has 0 bridgehead atoms.